The average Bonchev–Trinajstić information content (AvgIpc) is 3.16. The molecule has 2 aliphatic rings. The molecule has 25 heavy (non-hydrogen) atoms. The number of hydrogen-bond donors (Lipinski definition) is 2. The van der Waals surface area contributed by atoms with Crippen LogP contribution in [0.25, 0.3) is 0 Å². The smallest absolute Gasteiger partial charge is 0.406 e. The molecule has 1 heterocycles. The highest BCUT2D eigenvalue weighted by Crippen LogP contribution is 2.30. The van der Waals surface area contributed by atoms with Crippen LogP contribution in [0.4, 0.5) is 18.9 Å². The van der Waals surface area contributed by atoms with Crippen molar-refractivity contribution in [1.82, 2.24) is 5.32 Å². The Bertz CT molecular complexity index is 630. The highest BCUT2D eigenvalue weighted by Gasteiger charge is 2.38. The Kier molecular flexibility index (Phi) is 4.81. The lowest BCUT2D eigenvalue weighted by Crippen LogP contribution is -2.54. The monoisotopic (exact) mass is 357 g/mol. The van der Waals surface area contributed by atoms with Gasteiger partial charge in [-0.1, -0.05) is 18.9 Å². The van der Waals surface area contributed by atoms with Crippen LogP contribution in [-0.2, 0) is 4.79 Å². The van der Waals surface area contributed by atoms with Crippen LogP contribution in [0.2, 0.25) is 0 Å². The van der Waals surface area contributed by atoms with Gasteiger partial charge >= 0.3 is 6.36 Å². The molecule has 5 nitrogen and oxygen atoms in total. The van der Waals surface area contributed by atoms with Crippen LogP contribution < -0.4 is 20.7 Å². The van der Waals surface area contributed by atoms with Crippen molar-refractivity contribution in [3.8, 4) is 5.75 Å². The Morgan fingerprint density at radius 1 is 1.32 bits per heavy atom. The zero-order valence-corrected chi connectivity index (χ0v) is 13.8. The summed E-state index contributed by atoms with van der Waals surface area (Å²) in [6, 6.07) is 5.83. The third kappa shape index (κ3) is 4.36. The first-order valence-corrected chi connectivity index (χ1v) is 8.46. The molecule has 1 aliphatic carbocycles. The quantitative estimate of drug-likeness (QED) is 0.869. The Morgan fingerprint density at radius 2 is 2.04 bits per heavy atom. The number of benzene rings is 1. The number of amides is 1. The van der Waals surface area contributed by atoms with E-state index < -0.39 is 11.9 Å². The van der Waals surface area contributed by atoms with Gasteiger partial charge in [-0.3, -0.25) is 4.79 Å². The van der Waals surface area contributed by atoms with Gasteiger partial charge in [0.1, 0.15) is 5.75 Å². The SMILES string of the molecule is NC1(C(=O)NC2CCN(c3cccc(OC(F)(F)F)c3)C2)CCCC1. The fourth-order valence-electron chi connectivity index (χ4n) is 3.55. The summed E-state index contributed by atoms with van der Waals surface area (Å²) in [7, 11) is 0. The van der Waals surface area contributed by atoms with E-state index in [1.165, 1.54) is 18.2 Å². The molecule has 1 saturated heterocycles. The lowest BCUT2D eigenvalue weighted by Gasteiger charge is -2.25. The molecule has 0 aromatic heterocycles. The summed E-state index contributed by atoms with van der Waals surface area (Å²) in [5.74, 6) is -0.365. The van der Waals surface area contributed by atoms with Crippen LogP contribution >= 0.6 is 0 Å². The zero-order chi connectivity index (χ0) is 18.1. The molecule has 0 bridgehead atoms. The highest BCUT2D eigenvalue weighted by atomic mass is 19.4. The van der Waals surface area contributed by atoms with Crippen LogP contribution in [0.15, 0.2) is 24.3 Å². The maximum atomic E-state index is 12.4. The van der Waals surface area contributed by atoms with Crippen LogP contribution in [0.3, 0.4) is 0 Å². The molecule has 1 saturated carbocycles. The van der Waals surface area contributed by atoms with Crippen molar-refractivity contribution in [3.05, 3.63) is 24.3 Å². The molecule has 1 unspecified atom stereocenters. The number of anilines is 1. The predicted molar refractivity (Wildman–Crippen MR) is 87.3 cm³/mol. The molecule has 0 radical (unpaired) electrons. The molecule has 1 aliphatic heterocycles. The number of nitrogens with two attached hydrogens (primary N) is 1. The van der Waals surface area contributed by atoms with Crippen LogP contribution in [-0.4, -0.2) is 36.9 Å². The van der Waals surface area contributed by atoms with Crippen LogP contribution in [0.5, 0.6) is 5.75 Å². The summed E-state index contributed by atoms with van der Waals surface area (Å²) in [6.07, 6.45) is -0.652. The fourth-order valence-corrected chi connectivity index (χ4v) is 3.55. The first-order valence-electron chi connectivity index (χ1n) is 8.46. The summed E-state index contributed by atoms with van der Waals surface area (Å²) >= 11 is 0. The van der Waals surface area contributed by atoms with Crippen molar-refractivity contribution < 1.29 is 22.7 Å². The van der Waals surface area contributed by atoms with Gasteiger partial charge in [0.25, 0.3) is 0 Å². The fraction of sp³-hybridized carbons (Fsp3) is 0.588. The van der Waals surface area contributed by atoms with E-state index in [0.717, 1.165) is 19.3 Å². The number of carbonyl (C=O) groups excluding carboxylic acids is 1. The van der Waals surface area contributed by atoms with Gasteiger partial charge in [-0.25, -0.2) is 0 Å². The van der Waals surface area contributed by atoms with Crippen molar-refractivity contribution in [3.63, 3.8) is 0 Å². The molecule has 1 atom stereocenters. The number of halogens is 3. The van der Waals surface area contributed by atoms with Gasteiger partial charge in [-0.05, 0) is 31.4 Å². The van der Waals surface area contributed by atoms with Gasteiger partial charge in [0, 0.05) is 30.9 Å². The van der Waals surface area contributed by atoms with Crippen molar-refractivity contribution in [2.24, 2.45) is 5.73 Å². The topological polar surface area (TPSA) is 67.6 Å². The summed E-state index contributed by atoms with van der Waals surface area (Å²) in [6.45, 7) is 1.19. The minimum Gasteiger partial charge on any atom is -0.406 e. The van der Waals surface area contributed by atoms with Crippen LogP contribution in [0.1, 0.15) is 32.1 Å². The van der Waals surface area contributed by atoms with E-state index in [2.05, 4.69) is 10.1 Å². The van der Waals surface area contributed by atoms with Gasteiger partial charge in [-0.15, -0.1) is 13.2 Å². The van der Waals surface area contributed by atoms with Crippen molar-refractivity contribution in [2.45, 2.75) is 50.0 Å². The van der Waals surface area contributed by atoms with E-state index >= 15 is 0 Å². The summed E-state index contributed by atoms with van der Waals surface area (Å²) in [5.41, 5.74) is 6.03. The van der Waals surface area contributed by atoms with Crippen molar-refractivity contribution >= 4 is 11.6 Å². The number of alkyl halides is 3. The Labute approximate surface area is 144 Å². The first kappa shape index (κ1) is 17.8. The molecule has 3 N–H and O–H groups in total. The number of rotatable bonds is 4. The summed E-state index contributed by atoms with van der Waals surface area (Å²) in [5, 5.41) is 3.00. The third-order valence-corrected chi connectivity index (χ3v) is 4.89. The van der Waals surface area contributed by atoms with Gasteiger partial charge in [-0.2, -0.15) is 0 Å². The second kappa shape index (κ2) is 6.74. The van der Waals surface area contributed by atoms with Gasteiger partial charge < -0.3 is 20.7 Å². The normalized spacial score (nSPS) is 22.9. The maximum Gasteiger partial charge on any atom is 0.573 e. The van der Waals surface area contributed by atoms with E-state index in [9.17, 15) is 18.0 Å². The van der Waals surface area contributed by atoms with Gasteiger partial charge in [0.2, 0.25) is 5.91 Å². The zero-order valence-electron chi connectivity index (χ0n) is 13.8. The molecule has 138 valence electrons. The highest BCUT2D eigenvalue weighted by molar-refractivity contribution is 5.86. The minimum absolute atomic E-state index is 0.0549. The molecule has 8 heteroatoms. The van der Waals surface area contributed by atoms with E-state index in [1.54, 1.807) is 6.07 Å². The lowest BCUT2D eigenvalue weighted by atomic mass is 9.97. The predicted octanol–water partition coefficient (Wildman–Crippen LogP) is 2.55. The number of nitrogens with one attached hydrogen (secondary N) is 1. The molecular weight excluding hydrogens is 335 g/mol. The van der Waals surface area contributed by atoms with Crippen molar-refractivity contribution in [2.75, 3.05) is 18.0 Å². The standard InChI is InChI=1S/C17H22F3N3O2/c18-17(19,20)25-14-5-3-4-13(10-14)23-9-6-12(11-23)22-15(24)16(21)7-1-2-8-16/h3-5,10,12H,1-2,6-9,11,21H2,(H,22,24). The Morgan fingerprint density at radius 3 is 2.72 bits per heavy atom. The average molecular weight is 357 g/mol. The summed E-state index contributed by atoms with van der Waals surface area (Å²) < 4.78 is 41.0. The first-order chi connectivity index (χ1) is 11.8. The molecule has 1 aromatic rings. The maximum absolute atomic E-state index is 12.4. The van der Waals surface area contributed by atoms with E-state index in [-0.39, 0.29) is 17.7 Å². The van der Waals surface area contributed by atoms with Crippen molar-refractivity contribution in [1.29, 1.82) is 0 Å². The molecule has 1 aromatic carbocycles. The number of nitrogens with zero attached hydrogens (tertiary/aromatic N) is 1. The number of ether oxygens (including phenoxy) is 1. The largest absolute Gasteiger partial charge is 0.573 e. The number of hydrogen-bond acceptors (Lipinski definition) is 4. The minimum atomic E-state index is -4.71. The number of carbonyl (C=O) groups is 1. The lowest BCUT2D eigenvalue weighted by molar-refractivity contribution is -0.274. The molecule has 2 fully saturated rings. The molecule has 1 amide bonds. The Balaban J connectivity index is 1.59. The Hall–Kier alpha value is -1.96. The van der Waals surface area contributed by atoms with Gasteiger partial charge in [0.05, 0.1) is 5.54 Å². The van der Waals surface area contributed by atoms with Crippen LogP contribution in [0, 0.1) is 0 Å². The molecule has 3 rings (SSSR count). The van der Waals surface area contributed by atoms with E-state index in [1.807, 2.05) is 4.90 Å². The molecular formula is C17H22F3N3O2. The second-order valence-electron chi connectivity index (χ2n) is 6.81. The third-order valence-electron chi connectivity index (χ3n) is 4.89. The second-order valence-corrected chi connectivity index (χ2v) is 6.81. The van der Waals surface area contributed by atoms with E-state index in [0.29, 0.717) is 31.6 Å². The van der Waals surface area contributed by atoms with Gasteiger partial charge in [0.15, 0.2) is 0 Å². The summed E-state index contributed by atoms with van der Waals surface area (Å²) in [4.78, 5) is 14.3. The molecule has 0 spiro atoms. The van der Waals surface area contributed by atoms with E-state index in [4.69, 9.17) is 5.73 Å².